The number of fused-ring (bicyclic) bond motifs is 3. The number of rotatable bonds is 0. The second-order valence-electron chi connectivity index (χ2n) is 3.08. The molecule has 0 spiro atoms. The zero-order valence-electron chi connectivity index (χ0n) is 10.3. The third-order valence-electron chi connectivity index (χ3n) is 2.23. The molecule has 14 heavy (non-hydrogen) atoms. The lowest BCUT2D eigenvalue weighted by Gasteiger charge is -1.93. The Labute approximate surface area is 87.0 Å². The highest BCUT2D eigenvalue weighted by atomic mass is 16.3. The molecule has 0 aliphatic carbocycles. The van der Waals surface area contributed by atoms with Crippen molar-refractivity contribution in [2.75, 3.05) is 0 Å². The van der Waals surface area contributed by atoms with Crippen molar-refractivity contribution >= 4 is 35.2 Å². The van der Waals surface area contributed by atoms with Crippen LogP contribution in [0.25, 0.3) is 21.9 Å². The van der Waals surface area contributed by atoms with Crippen molar-refractivity contribution < 1.29 is 8.53 Å². The molecule has 0 amide bonds. The van der Waals surface area contributed by atoms with Crippen molar-refractivity contribution in [1.29, 1.82) is 0 Å². The van der Waals surface area contributed by atoms with Crippen LogP contribution >= 0.6 is 0 Å². The summed E-state index contributed by atoms with van der Waals surface area (Å²) in [7, 11) is 5.86. The highest BCUT2D eigenvalue weighted by molar-refractivity contribution is 6.41. The minimum Gasteiger partial charge on any atom is -0.456 e. The molecule has 2 heteroatoms. The Morgan fingerprint density at radius 1 is 1.14 bits per heavy atom. The number of benzene rings is 2. The molecule has 0 atom stereocenters. The number of hydrogen-bond acceptors (Lipinski definition) is 1. The molecule has 0 aliphatic heterocycles. The van der Waals surface area contributed by atoms with Crippen molar-refractivity contribution in [2.45, 2.75) is 0 Å². The zero-order valence-corrected chi connectivity index (χ0v) is 7.29. The Kier molecular flexibility index (Phi) is 0.992. The van der Waals surface area contributed by atoms with Crippen LogP contribution in [-0.2, 0) is 0 Å². The maximum absolute atomic E-state index is 7.76. The summed E-state index contributed by atoms with van der Waals surface area (Å²) in [5, 5.41) is 1.25. The molecular weight excluding hydrogens is 171 g/mol. The largest absolute Gasteiger partial charge is 0.456 e. The van der Waals surface area contributed by atoms with E-state index < -0.39 is 0 Å². The van der Waals surface area contributed by atoms with Gasteiger partial charge in [-0.2, -0.15) is 0 Å². The van der Waals surface area contributed by atoms with Gasteiger partial charge in [0.05, 0.1) is 4.11 Å². The van der Waals surface area contributed by atoms with Crippen LogP contribution in [-0.4, -0.2) is 7.85 Å². The molecule has 2 aromatic carbocycles. The molecule has 2 radical (unpaired) electrons. The van der Waals surface area contributed by atoms with E-state index in [0.717, 1.165) is 0 Å². The predicted octanol–water partition coefficient (Wildman–Crippen LogP) is 2.38. The van der Waals surface area contributed by atoms with Gasteiger partial charge in [-0.1, -0.05) is 35.7 Å². The molecular formula is C12H7BO. The summed E-state index contributed by atoms with van der Waals surface area (Å²) < 4.78 is 28.6. The minimum atomic E-state index is 0.162. The summed E-state index contributed by atoms with van der Waals surface area (Å²) >= 11 is 0. The van der Waals surface area contributed by atoms with Crippen LogP contribution in [0.15, 0.2) is 46.8 Å². The topological polar surface area (TPSA) is 13.1 Å². The quantitative estimate of drug-likeness (QED) is 0.485. The molecule has 1 nitrogen and oxygen atoms in total. The Morgan fingerprint density at radius 3 is 3.00 bits per heavy atom. The van der Waals surface area contributed by atoms with Gasteiger partial charge in [0.25, 0.3) is 0 Å². The van der Waals surface area contributed by atoms with Crippen LogP contribution in [0.1, 0.15) is 4.11 Å². The smallest absolute Gasteiger partial charge is 0.135 e. The molecule has 3 rings (SSSR count). The maximum Gasteiger partial charge on any atom is 0.135 e. The van der Waals surface area contributed by atoms with E-state index in [2.05, 4.69) is 0 Å². The van der Waals surface area contributed by atoms with E-state index in [0.29, 0.717) is 27.4 Å². The Balaban J connectivity index is 2.62. The summed E-state index contributed by atoms with van der Waals surface area (Å²) in [5.41, 5.74) is 1.28. The van der Waals surface area contributed by atoms with Crippen molar-refractivity contribution in [1.82, 2.24) is 0 Å². The highest BCUT2D eigenvalue weighted by Gasteiger charge is 2.06. The summed E-state index contributed by atoms with van der Waals surface area (Å²) in [6.45, 7) is 0. The van der Waals surface area contributed by atoms with E-state index in [-0.39, 0.29) is 18.1 Å². The van der Waals surface area contributed by atoms with Gasteiger partial charge in [-0.3, -0.25) is 0 Å². The Morgan fingerprint density at radius 2 is 2.07 bits per heavy atom. The van der Waals surface area contributed by atoms with E-state index in [1.54, 1.807) is 18.2 Å². The highest BCUT2D eigenvalue weighted by Crippen LogP contribution is 2.26. The molecule has 64 valence electrons. The summed E-state index contributed by atoms with van der Waals surface area (Å²) in [4.78, 5) is 0. The number of furan rings is 1. The van der Waals surface area contributed by atoms with E-state index in [1.807, 2.05) is 0 Å². The molecule has 0 fully saturated rings. The Hall–Kier alpha value is -1.70. The molecule has 0 saturated carbocycles. The Bertz CT molecular complexity index is 748. The van der Waals surface area contributed by atoms with Crippen LogP contribution in [0.4, 0.5) is 0 Å². The average molecular weight is 181 g/mol. The molecule has 3 aromatic rings. The zero-order chi connectivity index (χ0) is 12.2. The lowest BCUT2D eigenvalue weighted by molar-refractivity contribution is 0.669. The second-order valence-corrected chi connectivity index (χ2v) is 3.08. The van der Waals surface area contributed by atoms with Crippen molar-refractivity contribution in [3.05, 3.63) is 42.4 Å². The molecule has 0 bridgehead atoms. The van der Waals surface area contributed by atoms with E-state index >= 15 is 0 Å². The first kappa shape index (κ1) is 5.25. The van der Waals surface area contributed by atoms with Crippen molar-refractivity contribution in [2.24, 2.45) is 0 Å². The lowest BCUT2D eigenvalue weighted by Crippen LogP contribution is -2.00. The van der Waals surface area contributed by atoms with Gasteiger partial charge < -0.3 is 4.42 Å². The van der Waals surface area contributed by atoms with Gasteiger partial charge in [0, 0.05) is 10.8 Å². The first-order chi connectivity index (χ1) is 8.08. The molecule has 1 heterocycles. The summed E-state index contributed by atoms with van der Waals surface area (Å²) in [6.07, 6.45) is 0. The summed E-state index contributed by atoms with van der Waals surface area (Å²) in [5.74, 6) is 0. The second kappa shape index (κ2) is 2.64. The van der Waals surface area contributed by atoms with Crippen LogP contribution in [0.5, 0.6) is 0 Å². The van der Waals surface area contributed by atoms with Crippen LogP contribution < -0.4 is 5.46 Å². The third kappa shape index (κ3) is 0.910. The van der Waals surface area contributed by atoms with Gasteiger partial charge in [-0.15, -0.1) is 0 Å². The van der Waals surface area contributed by atoms with Gasteiger partial charge >= 0.3 is 0 Å². The van der Waals surface area contributed by atoms with Crippen molar-refractivity contribution in [3.63, 3.8) is 0 Å². The van der Waals surface area contributed by atoms with E-state index in [1.165, 1.54) is 6.07 Å². The first-order valence-corrected chi connectivity index (χ1v) is 4.26. The van der Waals surface area contributed by atoms with Gasteiger partial charge in [-0.25, -0.2) is 0 Å². The minimum absolute atomic E-state index is 0.162. The fourth-order valence-corrected chi connectivity index (χ4v) is 1.61. The van der Waals surface area contributed by atoms with E-state index in [4.69, 9.17) is 16.4 Å². The van der Waals surface area contributed by atoms with Crippen LogP contribution in [0.2, 0.25) is 0 Å². The van der Waals surface area contributed by atoms with Gasteiger partial charge in [0.2, 0.25) is 0 Å². The standard InChI is InChI=1S/C12H7BO/c13-9-5-3-7-11-12(9)8-4-1-2-6-10(8)14-11/h1-7H/i1D,5D,6D. The normalized spacial score (nSPS) is 14.1. The number of para-hydroxylation sites is 1. The fraction of sp³-hybridized carbons (Fsp3) is 0. The lowest BCUT2D eigenvalue weighted by atomic mass is 9.91. The average Bonchev–Trinajstić information content (AvgIpc) is 2.63. The molecule has 0 saturated heterocycles. The molecule has 0 N–H and O–H groups in total. The molecule has 1 aromatic heterocycles. The summed E-state index contributed by atoms with van der Waals surface area (Å²) in [6, 6.07) is 6.87. The fourth-order valence-electron chi connectivity index (χ4n) is 1.61. The predicted molar refractivity (Wildman–Crippen MR) is 59.1 cm³/mol. The van der Waals surface area contributed by atoms with Gasteiger partial charge in [-0.05, 0) is 12.1 Å². The monoisotopic (exact) mass is 181 g/mol. The van der Waals surface area contributed by atoms with Crippen molar-refractivity contribution in [3.8, 4) is 0 Å². The van der Waals surface area contributed by atoms with Gasteiger partial charge in [0.15, 0.2) is 0 Å². The third-order valence-corrected chi connectivity index (χ3v) is 2.23. The number of hydrogen-bond donors (Lipinski definition) is 0. The van der Waals surface area contributed by atoms with Crippen LogP contribution in [0, 0.1) is 0 Å². The molecule has 0 aliphatic rings. The van der Waals surface area contributed by atoms with Gasteiger partial charge in [0.1, 0.15) is 19.0 Å². The maximum atomic E-state index is 7.76. The first-order valence-electron chi connectivity index (χ1n) is 5.76. The van der Waals surface area contributed by atoms with Crippen LogP contribution in [0.3, 0.4) is 0 Å². The SMILES string of the molecule is [2H]c1cc([2H])c2oc3ccc([2H])c([B])c3c2c1. The molecule has 0 unspecified atom stereocenters. The van der Waals surface area contributed by atoms with E-state index in [9.17, 15) is 0 Å².